The van der Waals surface area contributed by atoms with Crippen LogP contribution in [-0.2, 0) is 24.8 Å². The first kappa shape index (κ1) is 23.5. The van der Waals surface area contributed by atoms with E-state index in [4.69, 9.17) is 4.98 Å². The number of aromatic nitrogens is 2. The Bertz CT molecular complexity index is 1040. The molecule has 176 valence electrons. The van der Waals surface area contributed by atoms with Crippen LogP contribution in [0.5, 0.6) is 0 Å². The number of allylic oxidation sites excluding steroid dienone is 4. The number of Topliss-reactive ketones (excluding diaryl/α,β-unsaturated/α-hetero) is 1. The lowest BCUT2D eigenvalue weighted by molar-refractivity contribution is -0.137. The highest BCUT2D eigenvalue weighted by Gasteiger charge is 2.42. The quantitative estimate of drug-likeness (QED) is 0.431. The third kappa shape index (κ3) is 4.99. The van der Waals surface area contributed by atoms with Crippen LogP contribution in [0.2, 0.25) is 0 Å². The van der Waals surface area contributed by atoms with E-state index in [1.165, 1.54) is 0 Å². The van der Waals surface area contributed by atoms with Crippen molar-refractivity contribution in [2.24, 2.45) is 5.92 Å². The molecule has 2 atom stereocenters. The summed E-state index contributed by atoms with van der Waals surface area (Å²) in [5, 5.41) is 0. The van der Waals surface area contributed by atoms with Gasteiger partial charge in [0.05, 0.1) is 5.69 Å². The normalized spacial score (nSPS) is 22.9. The van der Waals surface area contributed by atoms with Crippen molar-refractivity contribution in [2.45, 2.75) is 76.4 Å². The molecule has 0 amide bonds. The highest BCUT2D eigenvalue weighted by atomic mass is 19.4. The molecular formula is C27H31F3N2O. The lowest BCUT2D eigenvalue weighted by atomic mass is 9.66. The van der Waals surface area contributed by atoms with Gasteiger partial charge < -0.3 is 4.57 Å². The molecule has 4 rings (SSSR count). The Morgan fingerprint density at radius 1 is 1.12 bits per heavy atom. The lowest BCUT2D eigenvalue weighted by Gasteiger charge is -2.40. The highest BCUT2D eigenvalue weighted by Crippen LogP contribution is 2.44. The summed E-state index contributed by atoms with van der Waals surface area (Å²) in [6, 6.07) is 9.74. The summed E-state index contributed by atoms with van der Waals surface area (Å²) in [4.78, 5) is 18.0. The second-order valence-corrected chi connectivity index (χ2v) is 9.20. The van der Waals surface area contributed by atoms with Gasteiger partial charge in [0.2, 0.25) is 0 Å². The van der Waals surface area contributed by atoms with E-state index in [-0.39, 0.29) is 18.1 Å². The molecule has 0 spiro atoms. The first-order chi connectivity index (χ1) is 15.8. The van der Waals surface area contributed by atoms with Crippen LogP contribution in [-0.4, -0.2) is 21.5 Å². The SMILES string of the molecule is CCCc1nc2c(n1CC1(c3ccccc3)C=CC=CC1CCC(F)(F)F)C(=O)CCCC2. The molecule has 0 fully saturated rings. The first-order valence-electron chi connectivity index (χ1n) is 11.9. The molecule has 0 saturated carbocycles. The van der Waals surface area contributed by atoms with Gasteiger partial charge in [-0.3, -0.25) is 4.79 Å². The summed E-state index contributed by atoms with van der Waals surface area (Å²) < 4.78 is 41.7. The van der Waals surface area contributed by atoms with Crippen molar-refractivity contribution in [3.63, 3.8) is 0 Å². The number of rotatable bonds is 7. The van der Waals surface area contributed by atoms with Gasteiger partial charge in [-0.2, -0.15) is 13.2 Å². The number of carbonyl (C=O) groups is 1. The van der Waals surface area contributed by atoms with Crippen molar-refractivity contribution < 1.29 is 18.0 Å². The minimum absolute atomic E-state index is 0.00677. The maximum Gasteiger partial charge on any atom is 0.389 e. The summed E-state index contributed by atoms with van der Waals surface area (Å²) in [7, 11) is 0. The van der Waals surface area contributed by atoms with E-state index in [1.807, 2.05) is 59.2 Å². The summed E-state index contributed by atoms with van der Waals surface area (Å²) in [6.07, 6.45) is 7.30. The van der Waals surface area contributed by atoms with Gasteiger partial charge in [-0.25, -0.2) is 4.98 Å². The summed E-state index contributed by atoms with van der Waals surface area (Å²) in [5.74, 6) is 0.619. The molecule has 2 unspecified atom stereocenters. The Morgan fingerprint density at radius 3 is 2.61 bits per heavy atom. The maximum absolute atomic E-state index is 13.2. The van der Waals surface area contributed by atoms with Gasteiger partial charge in [-0.05, 0) is 43.6 Å². The van der Waals surface area contributed by atoms with Crippen molar-refractivity contribution >= 4 is 5.78 Å². The molecule has 2 aromatic rings. The minimum atomic E-state index is -4.22. The number of benzene rings is 1. The molecule has 33 heavy (non-hydrogen) atoms. The molecule has 2 aliphatic rings. The zero-order chi connectivity index (χ0) is 23.5. The Balaban J connectivity index is 1.84. The number of hydrogen-bond donors (Lipinski definition) is 0. The van der Waals surface area contributed by atoms with Crippen molar-refractivity contribution in [3.8, 4) is 0 Å². The van der Waals surface area contributed by atoms with Crippen LogP contribution in [0.1, 0.15) is 73.0 Å². The maximum atomic E-state index is 13.2. The second kappa shape index (κ2) is 9.70. The molecule has 3 nitrogen and oxygen atoms in total. The Kier molecular flexibility index (Phi) is 6.91. The first-order valence-corrected chi connectivity index (χ1v) is 11.9. The van der Waals surface area contributed by atoms with Gasteiger partial charge in [-0.15, -0.1) is 0 Å². The predicted octanol–water partition coefficient (Wildman–Crippen LogP) is 6.77. The number of ketones is 1. The van der Waals surface area contributed by atoms with E-state index in [9.17, 15) is 18.0 Å². The fourth-order valence-electron chi connectivity index (χ4n) is 5.30. The minimum Gasteiger partial charge on any atom is -0.324 e. The van der Waals surface area contributed by atoms with Crippen molar-refractivity contribution in [1.82, 2.24) is 9.55 Å². The molecule has 0 aliphatic heterocycles. The van der Waals surface area contributed by atoms with E-state index in [1.54, 1.807) is 0 Å². The molecule has 0 radical (unpaired) electrons. The number of carbonyl (C=O) groups excluding carboxylic acids is 1. The van der Waals surface area contributed by atoms with Crippen LogP contribution in [0, 0.1) is 5.92 Å². The number of fused-ring (bicyclic) bond motifs is 1. The highest BCUT2D eigenvalue weighted by molar-refractivity contribution is 5.96. The molecule has 0 bridgehead atoms. The van der Waals surface area contributed by atoms with Gasteiger partial charge in [0, 0.05) is 31.2 Å². The number of aryl methyl sites for hydroxylation is 2. The number of hydrogen-bond acceptors (Lipinski definition) is 2. The standard InChI is InChI=1S/C27H31F3N2O/c1-2-10-24-31-22-14-6-7-15-23(33)25(22)32(24)19-26(20-11-4-3-5-12-20)17-9-8-13-21(26)16-18-27(28,29)30/h3-5,8-9,11-13,17,21H,2,6-7,10,14-16,18-19H2,1H3. The second-order valence-electron chi connectivity index (χ2n) is 9.20. The van der Waals surface area contributed by atoms with Crippen LogP contribution in [0.25, 0.3) is 0 Å². The van der Waals surface area contributed by atoms with Gasteiger partial charge in [-0.1, -0.05) is 61.6 Å². The average molecular weight is 457 g/mol. The fraction of sp³-hybridized carbons (Fsp3) is 0.481. The summed E-state index contributed by atoms with van der Waals surface area (Å²) >= 11 is 0. The van der Waals surface area contributed by atoms with Crippen molar-refractivity contribution in [3.05, 3.63) is 77.4 Å². The molecule has 6 heteroatoms. The fourth-order valence-corrected chi connectivity index (χ4v) is 5.30. The lowest BCUT2D eigenvalue weighted by Crippen LogP contribution is -2.40. The van der Waals surface area contributed by atoms with Gasteiger partial charge in [0.15, 0.2) is 5.78 Å². The molecule has 0 saturated heterocycles. The number of alkyl halides is 3. The Hall–Kier alpha value is -2.63. The molecule has 1 aromatic carbocycles. The van der Waals surface area contributed by atoms with E-state index in [2.05, 4.69) is 6.92 Å². The third-order valence-electron chi connectivity index (χ3n) is 6.90. The van der Waals surface area contributed by atoms with Gasteiger partial charge in [0.1, 0.15) is 11.5 Å². The average Bonchev–Trinajstić information content (AvgIpc) is 3.01. The summed E-state index contributed by atoms with van der Waals surface area (Å²) in [5.41, 5.74) is 1.80. The molecule has 0 N–H and O–H groups in total. The zero-order valence-electron chi connectivity index (χ0n) is 19.1. The zero-order valence-corrected chi connectivity index (χ0v) is 19.1. The van der Waals surface area contributed by atoms with Gasteiger partial charge in [0.25, 0.3) is 0 Å². The molecule has 1 heterocycles. The predicted molar refractivity (Wildman–Crippen MR) is 123 cm³/mol. The summed E-state index contributed by atoms with van der Waals surface area (Å²) in [6.45, 7) is 2.48. The van der Waals surface area contributed by atoms with Crippen LogP contribution in [0.15, 0.2) is 54.6 Å². The molecule has 2 aliphatic carbocycles. The smallest absolute Gasteiger partial charge is 0.324 e. The van der Waals surface area contributed by atoms with Crippen LogP contribution < -0.4 is 0 Å². The third-order valence-corrected chi connectivity index (χ3v) is 6.90. The van der Waals surface area contributed by atoms with E-state index >= 15 is 0 Å². The van der Waals surface area contributed by atoms with Crippen LogP contribution >= 0.6 is 0 Å². The number of nitrogens with zero attached hydrogens (tertiary/aromatic N) is 2. The van der Waals surface area contributed by atoms with Crippen molar-refractivity contribution in [1.29, 1.82) is 0 Å². The molecule has 1 aromatic heterocycles. The van der Waals surface area contributed by atoms with E-state index in [0.717, 1.165) is 49.2 Å². The van der Waals surface area contributed by atoms with Crippen LogP contribution in [0.4, 0.5) is 13.2 Å². The number of imidazole rings is 1. The van der Waals surface area contributed by atoms with Crippen molar-refractivity contribution in [2.75, 3.05) is 0 Å². The Morgan fingerprint density at radius 2 is 1.88 bits per heavy atom. The topological polar surface area (TPSA) is 34.9 Å². The largest absolute Gasteiger partial charge is 0.389 e. The monoisotopic (exact) mass is 456 g/mol. The van der Waals surface area contributed by atoms with Gasteiger partial charge >= 0.3 is 6.18 Å². The van der Waals surface area contributed by atoms with E-state index < -0.39 is 18.0 Å². The van der Waals surface area contributed by atoms with E-state index in [0.29, 0.717) is 18.7 Å². The van der Waals surface area contributed by atoms with Crippen LogP contribution in [0.3, 0.4) is 0 Å². The number of halogens is 3. The Labute approximate surface area is 193 Å². The molecular weight excluding hydrogens is 425 g/mol.